The number of carboxylic acids is 1. The maximum Gasteiger partial charge on any atom is 0.303 e. The van der Waals surface area contributed by atoms with Gasteiger partial charge in [-0.1, -0.05) is 6.92 Å². The summed E-state index contributed by atoms with van der Waals surface area (Å²) < 4.78 is 0. The zero-order chi connectivity index (χ0) is 15.2. The summed E-state index contributed by atoms with van der Waals surface area (Å²) in [6.45, 7) is 3.43. The highest BCUT2D eigenvalue weighted by Crippen LogP contribution is 2.22. The molecule has 21 heavy (non-hydrogen) atoms. The number of aliphatic carboxylic acids is 1. The van der Waals surface area contributed by atoms with Gasteiger partial charge in [-0.05, 0) is 48.9 Å². The first kappa shape index (κ1) is 15.4. The Bertz CT molecular complexity index is 528. The monoisotopic (exact) mass is 290 g/mol. The topological polar surface area (TPSA) is 78.4 Å². The molecular formula is C16H22N2O3. The molecule has 1 aromatic rings. The van der Waals surface area contributed by atoms with E-state index in [4.69, 9.17) is 5.11 Å². The van der Waals surface area contributed by atoms with Crippen molar-refractivity contribution in [1.29, 1.82) is 0 Å². The van der Waals surface area contributed by atoms with Crippen LogP contribution in [0.3, 0.4) is 0 Å². The first-order valence-corrected chi connectivity index (χ1v) is 7.43. The van der Waals surface area contributed by atoms with Crippen LogP contribution in [0.5, 0.6) is 0 Å². The van der Waals surface area contributed by atoms with Gasteiger partial charge in [0.05, 0.1) is 0 Å². The van der Waals surface area contributed by atoms with Crippen LogP contribution in [0.1, 0.15) is 42.1 Å². The molecule has 0 spiro atoms. The van der Waals surface area contributed by atoms with E-state index >= 15 is 0 Å². The Hall–Kier alpha value is -2.04. The van der Waals surface area contributed by atoms with Gasteiger partial charge in [0.1, 0.15) is 0 Å². The van der Waals surface area contributed by atoms with Crippen molar-refractivity contribution in [2.75, 3.05) is 18.4 Å². The minimum Gasteiger partial charge on any atom is -0.481 e. The van der Waals surface area contributed by atoms with Gasteiger partial charge in [0, 0.05) is 30.8 Å². The molecule has 0 radical (unpaired) electrons. The maximum atomic E-state index is 12.1. The number of benzene rings is 1. The Morgan fingerprint density at radius 3 is 3.00 bits per heavy atom. The van der Waals surface area contributed by atoms with E-state index in [2.05, 4.69) is 10.6 Å². The Labute approximate surface area is 124 Å². The summed E-state index contributed by atoms with van der Waals surface area (Å²) in [4.78, 5) is 22.6. The Balaban J connectivity index is 1.87. The van der Waals surface area contributed by atoms with Crippen molar-refractivity contribution < 1.29 is 14.7 Å². The summed E-state index contributed by atoms with van der Waals surface area (Å²) >= 11 is 0. The van der Waals surface area contributed by atoms with Gasteiger partial charge in [-0.15, -0.1) is 0 Å². The molecule has 0 saturated carbocycles. The zero-order valence-electron chi connectivity index (χ0n) is 12.3. The predicted octanol–water partition coefficient (Wildman–Crippen LogP) is 2.28. The number of anilines is 1. The lowest BCUT2D eigenvalue weighted by Crippen LogP contribution is -2.28. The van der Waals surface area contributed by atoms with Gasteiger partial charge in [-0.3, -0.25) is 9.59 Å². The quantitative estimate of drug-likeness (QED) is 0.751. The molecule has 1 atom stereocenters. The fourth-order valence-electron chi connectivity index (χ4n) is 2.46. The number of nitrogens with one attached hydrogen (secondary N) is 2. The van der Waals surface area contributed by atoms with Crippen LogP contribution in [-0.4, -0.2) is 30.1 Å². The van der Waals surface area contributed by atoms with E-state index in [1.807, 2.05) is 25.1 Å². The van der Waals surface area contributed by atoms with Gasteiger partial charge in [-0.25, -0.2) is 0 Å². The average molecular weight is 290 g/mol. The minimum absolute atomic E-state index is 0.0921. The molecule has 1 aliphatic heterocycles. The molecule has 0 aliphatic carbocycles. The molecule has 2 rings (SSSR count). The number of hydrogen-bond acceptors (Lipinski definition) is 3. The van der Waals surface area contributed by atoms with E-state index < -0.39 is 5.97 Å². The Morgan fingerprint density at radius 1 is 1.43 bits per heavy atom. The average Bonchev–Trinajstić information content (AvgIpc) is 2.50. The number of carboxylic acid groups (broad SMARTS) is 1. The number of carbonyl (C=O) groups excluding carboxylic acids is 1. The van der Waals surface area contributed by atoms with Gasteiger partial charge in [0.25, 0.3) is 5.91 Å². The van der Waals surface area contributed by atoms with E-state index in [1.165, 1.54) is 5.56 Å². The first-order chi connectivity index (χ1) is 10.1. The van der Waals surface area contributed by atoms with E-state index in [9.17, 15) is 9.59 Å². The SMILES string of the molecule is CC(CCC(=O)O)CNC(=O)c1ccc2c(c1)CCCN2. The molecule has 1 heterocycles. The number of hydrogen-bond donors (Lipinski definition) is 3. The molecular weight excluding hydrogens is 268 g/mol. The molecule has 3 N–H and O–H groups in total. The number of carbonyl (C=O) groups is 2. The fourth-order valence-corrected chi connectivity index (χ4v) is 2.46. The number of aryl methyl sites for hydroxylation is 1. The minimum atomic E-state index is -0.796. The lowest BCUT2D eigenvalue weighted by molar-refractivity contribution is -0.137. The van der Waals surface area contributed by atoms with Crippen molar-refractivity contribution in [2.24, 2.45) is 5.92 Å². The predicted molar refractivity (Wildman–Crippen MR) is 81.6 cm³/mol. The molecule has 1 amide bonds. The third-order valence-corrected chi connectivity index (χ3v) is 3.77. The molecule has 0 fully saturated rings. The zero-order valence-corrected chi connectivity index (χ0v) is 12.3. The second kappa shape index (κ2) is 7.11. The van der Waals surface area contributed by atoms with Gasteiger partial charge in [-0.2, -0.15) is 0 Å². The van der Waals surface area contributed by atoms with E-state index in [0.29, 0.717) is 18.5 Å². The second-order valence-electron chi connectivity index (χ2n) is 5.65. The molecule has 5 nitrogen and oxygen atoms in total. The first-order valence-electron chi connectivity index (χ1n) is 7.43. The Morgan fingerprint density at radius 2 is 2.24 bits per heavy atom. The van der Waals surface area contributed by atoms with Crippen LogP contribution >= 0.6 is 0 Å². The largest absolute Gasteiger partial charge is 0.481 e. The molecule has 0 aromatic heterocycles. The van der Waals surface area contributed by atoms with Crippen LogP contribution in [0.4, 0.5) is 5.69 Å². The fraction of sp³-hybridized carbons (Fsp3) is 0.500. The smallest absolute Gasteiger partial charge is 0.303 e. The highest BCUT2D eigenvalue weighted by molar-refractivity contribution is 5.95. The molecule has 1 unspecified atom stereocenters. The highest BCUT2D eigenvalue weighted by Gasteiger charge is 2.13. The number of rotatable bonds is 6. The van der Waals surface area contributed by atoms with Crippen molar-refractivity contribution in [3.63, 3.8) is 0 Å². The third kappa shape index (κ3) is 4.48. The van der Waals surface area contributed by atoms with E-state index in [1.54, 1.807) is 0 Å². The normalized spacial score (nSPS) is 14.7. The van der Waals surface area contributed by atoms with Crippen LogP contribution in [0.2, 0.25) is 0 Å². The van der Waals surface area contributed by atoms with Crippen LogP contribution in [0.25, 0.3) is 0 Å². The molecule has 114 valence electrons. The van der Waals surface area contributed by atoms with Crippen molar-refractivity contribution in [3.05, 3.63) is 29.3 Å². The molecule has 0 saturated heterocycles. The molecule has 5 heteroatoms. The molecule has 0 bridgehead atoms. The van der Waals surface area contributed by atoms with Crippen LogP contribution < -0.4 is 10.6 Å². The van der Waals surface area contributed by atoms with Crippen LogP contribution in [0, 0.1) is 5.92 Å². The summed E-state index contributed by atoms with van der Waals surface area (Å²) in [5.41, 5.74) is 2.98. The van der Waals surface area contributed by atoms with Gasteiger partial charge < -0.3 is 15.7 Å². The lowest BCUT2D eigenvalue weighted by atomic mass is 10.0. The van der Waals surface area contributed by atoms with Gasteiger partial charge >= 0.3 is 5.97 Å². The van der Waals surface area contributed by atoms with E-state index in [-0.39, 0.29) is 18.2 Å². The van der Waals surface area contributed by atoms with Crippen molar-refractivity contribution in [1.82, 2.24) is 5.32 Å². The summed E-state index contributed by atoms with van der Waals surface area (Å²) in [6, 6.07) is 5.73. The van der Waals surface area contributed by atoms with E-state index in [0.717, 1.165) is 25.1 Å². The molecule has 1 aliphatic rings. The van der Waals surface area contributed by atoms with Crippen LogP contribution in [-0.2, 0) is 11.2 Å². The number of amides is 1. The standard InChI is InChI=1S/C16H22N2O3/c1-11(4-7-15(19)20)10-18-16(21)13-5-6-14-12(9-13)3-2-8-17-14/h5-6,9,11,17H,2-4,7-8,10H2,1H3,(H,18,21)(H,19,20). The van der Waals surface area contributed by atoms with Gasteiger partial charge in [0.2, 0.25) is 0 Å². The summed E-state index contributed by atoms with van der Waals surface area (Å²) in [6.07, 6.45) is 2.80. The van der Waals surface area contributed by atoms with Crippen LogP contribution in [0.15, 0.2) is 18.2 Å². The van der Waals surface area contributed by atoms with Crippen molar-refractivity contribution in [2.45, 2.75) is 32.6 Å². The lowest BCUT2D eigenvalue weighted by Gasteiger charge is -2.18. The maximum absolute atomic E-state index is 12.1. The second-order valence-corrected chi connectivity index (χ2v) is 5.65. The summed E-state index contributed by atoms with van der Waals surface area (Å²) in [7, 11) is 0. The summed E-state index contributed by atoms with van der Waals surface area (Å²) in [5.74, 6) is -0.731. The Kier molecular flexibility index (Phi) is 5.20. The molecule has 1 aromatic carbocycles. The third-order valence-electron chi connectivity index (χ3n) is 3.77. The van der Waals surface area contributed by atoms with Crippen molar-refractivity contribution >= 4 is 17.6 Å². The van der Waals surface area contributed by atoms with Crippen molar-refractivity contribution in [3.8, 4) is 0 Å². The summed E-state index contributed by atoms with van der Waals surface area (Å²) in [5, 5.41) is 14.8. The number of fused-ring (bicyclic) bond motifs is 1. The van der Waals surface area contributed by atoms with Gasteiger partial charge in [0.15, 0.2) is 0 Å². The highest BCUT2D eigenvalue weighted by atomic mass is 16.4.